The molecule has 5 nitrogen and oxygen atoms in total. The van der Waals surface area contributed by atoms with E-state index in [1.165, 1.54) is 11.3 Å². The minimum absolute atomic E-state index is 0.0184. The molecule has 2 rings (SSSR count). The number of benzene rings is 1. The smallest absolute Gasteiger partial charge is 0.186 e. The third-order valence-electron chi connectivity index (χ3n) is 4.23. The number of nitrogens with two attached hydrogens (primary N) is 2. The summed E-state index contributed by atoms with van der Waals surface area (Å²) in [7, 11) is 0. The molecule has 25 heavy (non-hydrogen) atoms. The summed E-state index contributed by atoms with van der Waals surface area (Å²) in [5, 5.41) is 0. The molecule has 5 heteroatoms. The van der Waals surface area contributed by atoms with Gasteiger partial charge in [-0.15, -0.1) is 0 Å². The molecule has 134 valence electrons. The maximum absolute atomic E-state index is 12.5. The molecule has 0 aliphatic rings. The number of hydrogen-bond acceptors (Lipinski definition) is 2. The van der Waals surface area contributed by atoms with Gasteiger partial charge in [-0.3, -0.25) is 4.79 Å². The number of aryl methyl sites for hydroxylation is 2. The molecular weight excluding hydrogens is 312 g/mol. The van der Waals surface area contributed by atoms with Crippen LogP contribution >= 0.6 is 0 Å². The first-order chi connectivity index (χ1) is 11.7. The molecule has 0 spiro atoms. The zero-order valence-electron chi connectivity index (χ0n) is 15.5. The number of rotatable bonds is 6. The maximum atomic E-state index is 12.5. The Morgan fingerprint density at radius 2 is 1.80 bits per heavy atom. The van der Waals surface area contributed by atoms with E-state index in [1.807, 2.05) is 31.3 Å². The predicted molar refractivity (Wildman–Crippen MR) is 103 cm³/mol. The van der Waals surface area contributed by atoms with Gasteiger partial charge in [-0.25, -0.2) is 4.99 Å². The Labute approximate surface area is 149 Å². The van der Waals surface area contributed by atoms with Crippen molar-refractivity contribution in [3.8, 4) is 0 Å². The second kappa shape index (κ2) is 7.55. The van der Waals surface area contributed by atoms with Crippen LogP contribution in [0.5, 0.6) is 0 Å². The number of carbonyl (C=O) groups excluding carboxylic acids is 1. The lowest BCUT2D eigenvalue weighted by Gasteiger charge is -2.23. The summed E-state index contributed by atoms with van der Waals surface area (Å²) in [5.41, 5.74) is 14.8. The molecule has 4 N–H and O–H groups in total. The molecule has 0 unspecified atom stereocenters. The number of Topliss-reactive ketones (excluding diaryl/α,β-unsaturated/α-hetero) is 1. The first-order valence-electron chi connectivity index (χ1n) is 8.53. The first kappa shape index (κ1) is 18.8. The quantitative estimate of drug-likeness (QED) is 0.481. The summed E-state index contributed by atoms with van der Waals surface area (Å²) < 4.78 is 2.20. The molecular formula is C20H28N4O. The minimum Gasteiger partial charge on any atom is -0.370 e. The third-order valence-corrected chi connectivity index (χ3v) is 4.23. The van der Waals surface area contributed by atoms with Crippen LogP contribution in [-0.4, -0.2) is 22.9 Å². The summed E-state index contributed by atoms with van der Waals surface area (Å²) >= 11 is 0. The summed E-state index contributed by atoms with van der Waals surface area (Å²) in [5.74, 6) is -0.125. The van der Waals surface area contributed by atoms with Crippen molar-refractivity contribution in [2.45, 2.75) is 46.1 Å². The van der Waals surface area contributed by atoms with E-state index in [0.29, 0.717) is 5.56 Å². The molecule has 0 saturated carbocycles. The maximum Gasteiger partial charge on any atom is 0.186 e. The summed E-state index contributed by atoms with van der Waals surface area (Å²) in [4.78, 5) is 16.4. The van der Waals surface area contributed by atoms with E-state index >= 15 is 0 Å². The van der Waals surface area contributed by atoms with Crippen molar-refractivity contribution < 1.29 is 4.79 Å². The van der Waals surface area contributed by atoms with E-state index in [1.54, 1.807) is 0 Å². The number of aliphatic imine (C=N–C) groups is 1. The number of guanidine groups is 1. The normalized spacial score (nSPS) is 11.4. The van der Waals surface area contributed by atoms with Crippen LogP contribution in [0.25, 0.3) is 0 Å². The second-order valence-electron chi connectivity index (χ2n) is 7.36. The highest BCUT2D eigenvalue weighted by Crippen LogP contribution is 2.30. The van der Waals surface area contributed by atoms with Gasteiger partial charge in [0, 0.05) is 29.4 Å². The third kappa shape index (κ3) is 4.72. The largest absolute Gasteiger partial charge is 0.370 e. The Bertz CT molecular complexity index is 763. The lowest BCUT2D eigenvalue weighted by molar-refractivity contribution is 0.100. The molecule has 0 radical (unpaired) electrons. The number of aromatic nitrogens is 1. The van der Waals surface area contributed by atoms with Gasteiger partial charge < -0.3 is 16.0 Å². The van der Waals surface area contributed by atoms with Crippen LogP contribution in [0, 0.1) is 6.92 Å². The van der Waals surface area contributed by atoms with E-state index in [2.05, 4.69) is 42.5 Å². The van der Waals surface area contributed by atoms with Crippen molar-refractivity contribution in [1.29, 1.82) is 0 Å². The Balaban J connectivity index is 2.33. The van der Waals surface area contributed by atoms with Crippen molar-refractivity contribution in [3.63, 3.8) is 0 Å². The van der Waals surface area contributed by atoms with Gasteiger partial charge in [-0.2, -0.15) is 0 Å². The van der Waals surface area contributed by atoms with Crippen LogP contribution in [0.1, 0.15) is 48.0 Å². The van der Waals surface area contributed by atoms with Crippen LogP contribution in [0.15, 0.2) is 41.5 Å². The number of ketones is 1. The monoisotopic (exact) mass is 340 g/mol. The summed E-state index contributed by atoms with van der Waals surface area (Å²) in [6.45, 7) is 9.31. The van der Waals surface area contributed by atoms with Gasteiger partial charge in [0.2, 0.25) is 0 Å². The fourth-order valence-corrected chi connectivity index (χ4v) is 3.25. The Morgan fingerprint density at radius 3 is 2.36 bits per heavy atom. The van der Waals surface area contributed by atoms with E-state index in [-0.39, 0.29) is 23.7 Å². The van der Waals surface area contributed by atoms with Crippen LogP contribution in [0.3, 0.4) is 0 Å². The van der Waals surface area contributed by atoms with Gasteiger partial charge in [-0.05, 0) is 24.5 Å². The van der Waals surface area contributed by atoms with Crippen LogP contribution in [0.2, 0.25) is 0 Å². The summed E-state index contributed by atoms with van der Waals surface area (Å²) in [6, 6.07) is 10.4. The average molecular weight is 340 g/mol. The van der Waals surface area contributed by atoms with Gasteiger partial charge >= 0.3 is 0 Å². The molecule has 2 aromatic rings. The highest BCUT2D eigenvalue weighted by atomic mass is 16.1. The van der Waals surface area contributed by atoms with E-state index in [9.17, 15) is 4.79 Å². The Morgan fingerprint density at radius 1 is 1.16 bits per heavy atom. The second-order valence-corrected chi connectivity index (χ2v) is 7.36. The first-order valence-corrected chi connectivity index (χ1v) is 8.53. The van der Waals surface area contributed by atoms with Crippen molar-refractivity contribution in [1.82, 2.24) is 4.57 Å². The number of nitrogens with zero attached hydrogens (tertiary/aromatic N) is 2. The van der Waals surface area contributed by atoms with Crippen LogP contribution in [0.4, 0.5) is 0 Å². The van der Waals surface area contributed by atoms with Crippen LogP contribution < -0.4 is 11.5 Å². The van der Waals surface area contributed by atoms with E-state index in [4.69, 9.17) is 11.5 Å². The van der Waals surface area contributed by atoms with Gasteiger partial charge in [0.1, 0.15) is 6.54 Å². The van der Waals surface area contributed by atoms with Gasteiger partial charge in [-0.1, -0.05) is 51.1 Å². The lowest BCUT2D eigenvalue weighted by Crippen LogP contribution is -2.24. The molecule has 1 aromatic carbocycles. The molecule has 0 aliphatic carbocycles. The molecule has 0 atom stereocenters. The molecule has 1 aromatic heterocycles. The fraction of sp³-hybridized carbons (Fsp3) is 0.400. The average Bonchev–Trinajstić information content (AvgIpc) is 2.88. The zero-order valence-corrected chi connectivity index (χ0v) is 15.5. The standard InChI is InChI=1S/C20H28N4O/c1-14-16(17(25)12-23-19(21)22)13-24(18(14)20(2,3)4)11-10-15-8-6-5-7-9-15/h5-9,13H,10-12H2,1-4H3,(H4,21,22,23). The van der Waals surface area contributed by atoms with Gasteiger partial charge in [0.25, 0.3) is 0 Å². The van der Waals surface area contributed by atoms with E-state index in [0.717, 1.165) is 18.5 Å². The van der Waals surface area contributed by atoms with Crippen molar-refractivity contribution in [3.05, 3.63) is 58.9 Å². The fourth-order valence-electron chi connectivity index (χ4n) is 3.25. The molecule has 0 amide bonds. The topological polar surface area (TPSA) is 86.4 Å². The minimum atomic E-state index is -0.0643. The zero-order chi connectivity index (χ0) is 18.6. The lowest BCUT2D eigenvalue weighted by atomic mass is 9.88. The number of carbonyl (C=O) groups is 1. The predicted octanol–water partition coefficient (Wildman–Crippen LogP) is 2.79. The van der Waals surface area contributed by atoms with Crippen LogP contribution in [-0.2, 0) is 18.4 Å². The van der Waals surface area contributed by atoms with E-state index < -0.39 is 0 Å². The summed E-state index contributed by atoms with van der Waals surface area (Å²) in [6.07, 6.45) is 2.86. The van der Waals surface area contributed by atoms with Crippen molar-refractivity contribution >= 4 is 11.7 Å². The highest BCUT2D eigenvalue weighted by Gasteiger charge is 2.25. The highest BCUT2D eigenvalue weighted by molar-refractivity contribution is 6.00. The SMILES string of the molecule is Cc1c(C(=O)CN=C(N)N)cn(CCc2ccccc2)c1C(C)(C)C. The van der Waals surface area contributed by atoms with Gasteiger partial charge in [0.05, 0.1) is 0 Å². The van der Waals surface area contributed by atoms with Gasteiger partial charge in [0.15, 0.2) is 11.7 Å². The molecule has 0 bridgehead atoms. The van der Waals surface area contributed by atoms with Crippen molar-refractivity contribution in [2.75, 3.05) is 6.54 Å². The molecule has 0 aliphatic heterocycles. The number of hydrogen-bond donors (Lipinski definition) is 2. The Hall–Kier alpha value is -2.56. The Kier molecular flexibility index (Phi) is 5.67. The molecule has 1 heterocycles. The van der Waals surface area contributed by atoms with Crippen molar-refractivity contribution in [2.24, 2.45) is 16.5 Å². The molecule has 0 fully saturated rings. The molecule has 0 saturated heterocycles.